The number of benzene rings is 1. The van der Waals surface area contributed by atoms with Crippen LogP contribution in [0.15, 0.2) is 24.3 Å². The first-order chi connectivity index (χ1) is 10.3. The Morgan fingerprint density at radius 2 is 1.95 bits per heavy atom. The van der Waals surface area contributed by atoms with Gasteiger partial charge in [0.05, 0.1) is 18.9 Å². The van der Waals surface area contributed by atoms with Gasteiger partial charge in [-0.1, -0.05) is 32.0 Å². The van der Waals surface area contributed by atoms with Crippen LogP contribution >= 0.6 is 0 Å². The maximum absolute atomic E-state index is 12.7. The Morgan fingerprint density at radius 3 is 2.55 bits per heavy atom. The smallest absolute Gasteiger partial charge is 0.315 e. The van der Waals surface area contributed by atoms with E-state index in [-0.39, 0.29) is 18.9 Å². The van der Waals surface area contributed by atoms with Gasteiger partial charge in [-0.15, -0.1) is 0 Å². The fraction of sp³-hybridized carbons (Fsp3) is 0.438. The van der Waals surface area contributed by atoms with Crippen LogP contribution in [0.25, 0.3) is 0 Å². The molecule has 0 radical (unpaired) electrons. The minimum Gasteiger partial charge on any atom is -0.481 e. The Kier molecular flexibility index (Phi) is 4.21. The van der Waals surface area contributed by atoms with Crippen LogP contribution in [-0.4, -0.2) is 36.6 Å². The lowest BCUT2D eigenvalue weighted by molar-refractivity contribution is -0.144. The normalized spacial score (nSPS) is 17.0. The molecule has 22 heavy (non-hydrogen) atoms. The van der Waals surface area contributed by atoms with Gasteiger partial charge in [0, 0.05) is 12.2 Å². The minimum absolute atomic E-state index is 0.175. The van der Waals surface area contributed by atoms with Gasteiger partial charge in [0.25, 0.3) is 0 Å². The van der Waals surface area contributed by atoms with Gasteiger partial charge in [0.2, 0.25) is 5.91 Å². The van der Waals surface area contributed by atoms with Crippen LogP contribution in [0.4, 0.5) is 5.69 Å². The molecule has 0 bridgehead atoms. The number of ether oxygens (including phenoxy) is 1. The molecule has 1 unspecified atom stereocenters. The number of carboxylic acids is 1. The van der Waals surface area contributed by atoms with Crippen molar-refractivity contribution in [1.82, 2.24) is 0 Å². The maximum Gasteiger partial charge on any atom is 0.315 e. The summed E-state index contributed by atoms with van der Waals surface area (Å²) in [6.07, 6.45) is -0.270. The van der Waals surface area contributed by atoms with E-state index in [2.05, 4.69) is 0 Å². The third kappa shape index (κ3) is 2.81. The second-order valence-corrected chi connectivity index (χ2v) is 6.00. The van der Waals surface area contributed by atoms with Crippen molar-refractivity contribution < 1.29 is 24.2 Å². The first kappa shape index (κ1) is 16.0. The molecule has 0 aromatic heterocycles. The van der Waals surface area contributed by atoms with E-state index in [1.165, 1.54) is 12.0 Å². The first-order valence-corrected chi connectivity index (χ1v) is 6.98. The topological polar surface area (TPSA) is 83.9 Å². The molecule has 6 heteroatoms. The fourth-order valence-corrected chi connectivity index (χ4v) is 2.76. The number of para-hydroxylation sites is 1. The number of nitrogens with zero attached hydrogens (tertiary/aromatic N) is 1. The average Bonchev–Trinajstić information content (AvgIpc) is 2.83. The van der Waals surface area contributed by atoms with Crippen molar-refractivity contribution in [2.45, 2.75) is 26.2 Å². The third-order valence-electron chi connectivity index (χ3n) is 3.87. The Balaban J connectivity index is 2.36. The number of amides is 1. The lowest BCUT2D eigenvalue weighted by Crippen LogP contribution is -2.42. The van der Waals surface area contributed by atoms with Gasteiger partial charge in [-0.25, -0.2) is 0 Å². The monoisotopic (exact) mass is 305 g/mol. The molecule has 118 valence electrons. The van der Waals surface area contributed by atoms with Gasteiger partial charge in [-0.2, -0.15) is 0 Å². The lowest BCUT2D eigenvalue weighted by Gasteiger charge is -2.28. The molecule has 0 saturated heterocycles. The fourth-order valence-electron chi connectivity index (χ4n) is 2.76. The number of hydrogen-bond donors (Lipinski definition) is 1. The number of aliphatic carboxylic acids is 1. The molecule has 1 aromatic rings. The molecular weight excluding hydrogens is 286 g/mol. The van der Waals surface area contributed by atoms with Crippen molar-refractivity contribution in [3.8, 4) is 0 Å². The van der Waals surface area contributed by atoms with Gasteiger partial charge in [0.15, 0.2) is 0 Å². The highest BCUT2D eigenvalue weighted by Gasteiger charge is 2.42. The van der Waals surface area contributed by atoms with Crippen LogP contribution in [0.2, 0.25) is 0 Å². The molecule has 1 heterocycles. The number of anilines is 1. The van der Waals surface area contributed by atoms with Crippen molar-refractivity contribution in [3.05, 3.63) is 29.8 Å². The van der Waals surface area contributed by atoms with Crippen LogP contribution < -0.4 is 4.90 Å². The zero-order valence-electron chi connectivity index (χ0n) is 12.8. The number of methoxy groups -OCH3 is 1. The van der Waals surface area contributed by atoms with E-state index in [1.54, 1.807) is 38.1 Å². The summed E-state index contributed by atoms with van der Waals surface area (Å²) in [5.41, 5.74) is 0.319. The average molecular weight is 305 g/mol. The SMILES string of the molecule is COC(=O)C1CN(C(=O)C(C)(C)CC(=O)O)c2ccccc21. The largest absolute Gasteiger partial charge is 0.481 e. The van der Waals surface area contributed by atoms with Gasteiger partial charge in [-0.05, 0) is 11.6 Å². The van der Waals surface area contributed by atoms with E-state index in [1.807, 2.05) is 0 Å². The molecule has 1 aliphatic heterocycles. The third-order valence-corrected chi connectivity index (χ3v) is 3.87. The summed E-state index contributed by atoms with van der Waals surface area (Å²) in [7, 11) is 1.31. The Bertz CT molecular complexity index is 623. The van der Waals surface area contributed by atoms with E-state index in [9.17, 15) is 14.4 Å². The Hall–Kier alpha value is -2.37. The predicted molar refractivity (Wildman–Crippen MR) is 79.6 cm³/mol. The quantitative estimate of drug-likeness (QED) is 0.857. The maximum atomic E-state index is 12.7. The Labute approximate surface area is 128 Å². The number of esters is 1. The number of carboxylic acid groups (broad SMARTS) is 1. The molecule has 1 aromatic carbocycles. The van der Waals surface area contributed by atoms with Crippen molar-refractivity contribution in [2.24, 2.45) is 5.41 Å². The zero-order chi connectivity index (χ0) is 16.5. The second-order valence-electron chi connectivity index (χ2n) is 6.00. The van der Waals surface area contributed by atoms with E-state index in [0.717, 1.165) is 5.56 Å². The van der Waals surface area contributed by atoms with Crippen molar-refractivity contribution >= 4 is 23.5 Å². The number of carbonyl (C=O) groups excluding carboxylic acids is 2. The molecule has 6 nitrogen and oxygen atoms in total. The predicted octanol–water partition coefficient (Wildman–Crippen LogP) is 1.79. The molecule has 1 amide bonds. The van der Waals surface area contributed by atoms with Crippen molar-refractivity contribution in [2.75, 3.05) is 18.6 Å². The summed E-state index contributed by atoms with van der Waals surface area (Å²) in [6.45, 7) is 3.36. The first-order valence-electron chi connectivity index (χ1n) is 6.98. The summed E-state index contributed by atoms with van der Waals surface area (Å²) in [5.74, 6) is -2.28. The summed E-state index contributed by atoms with van der Waals surface area (Å²) < 4.78 is 4.80. The molecule has 0 aliphatic carbocycles. The number of rotatable bonds is 4. The Morgan fingerprint density at radius 1 is 1.32 bits per heavy atom. The molecule has 1 atom stereocenters. The van der Waals surface area contributed by atoms with Crippen molar-refractivity contribution in [3.63, 3.8) is 0 Å². The summed E-state index contributed by atoms with van der Waals surface area (Å²) in [5, 5.41) is 8.97. The van der Waals surface area contributed by atoms with Crippen LogP contribution in [0.5, 0.6) is 0 Å². The number of carbonyl (C=O) groups is 3. The van der Waals surface area contributed by atoms with Gasteiger partial charge in [-0.3, -0.25) is 14.4 Å². The molecule has 1 aliphatic rings. The summed E-state index contributed by atoms with van der Waals surface area (Å²) in [6, 6.07) is 7.12. The van der Waals surface area contributed by atoms with Crippen LogP contribution in [-0.2, 0) is 19.1 Å². The summed E-state index contributed by atoms with van der Waals surface area (Å²) >= 11 is 0. The van der Waals surface area contributed by atoms with E-state index in [4.69, 9.17) is 9.84 Å². The molecule has 1 N–H and O–H groups in total. The van der Waals surface area contributed by atoms with Gasteiger partial charge in [0.1, 0.15) is 5.92 Å². The van der Waals surface area contributed by atoms with Crippen molar-refractivity contribution in [1.29, 1.82) is 0 Å². The minimum atomic E-state index is -1.05. The molecular formula is C16H19NO5. The highest BCUT2D eigenvalue weighted by molar-refractivity contribution is 6.02. The van der Waals surface area contributed by atoms with Gasteiger partial charge >= 0.3 is 11.9 Å². The zero-order valence-corrected chi connectivity index (χ0v) is 12.8. The molecule has 0 saturated carbocycles. The summed E-state index contributed by atoms with van der Waals surface area (Å²) in [4.78, 5) is 37.1. The highest BCUT2D eigenvalue weighted by Crippen LogP contribution is 2.39. The molecule has 2 rings (SSSR count). The van der Waals surface area contributed by atoms with Crippen LogP contribution in [0, 0.1) is 5.41 Å². The molecule has 0 fully saturated rings. The highest BCUT2D eigenvalue weighted by atomic mass is 16.5. The van der Waals surface area contributed by atoms with E-state index < -0.39 is 23.3 Å². The standard InChI is InChI=1S/C16H19NO5/c1-16(2,8-13(18)19)15(21)17-9-11(14(20)22-3)10-6-4-5-7-12(10)17/h4-7,11H,8-9H2,1-3H3,(H,18,19). The van der Waals surface area contributed by atoms with Crippen LogP contribution in [0.1, 0.15) is 31.7 Å². The second kappa shape index (κ2) is 5.79. The van der Waals surface area contributed by atoms with E-state index in [0.29, 0.717) is 5.69 Å². The lowest BCUT2D eigenvalue weighted by atomic mass is 9.87. The van der Waals surface area contributed by atoms with Crippen LogP contribution in [0.3, 0.4) is 0 Å². The number of fused-ring (bicyclic) bond motifs is 1. The molecule has 0 spiro atoms. The van der Waals surface area contributed by atoms with E-state index >= 15 is 0 Å². The number of hydrogen-bond acceptors (Lipinski definition) is 4. The van der Waals surface area contributed by atoms with Gasteiger partial charge < -0.3 is 14.7 Å².